The largest absolute Gasteiger partial charge is 0.387 e. The molecule has 3 atom stereocenters. The first-order valence-corrected chi connectivity index (χ1v) is 7.41. The van der Waals surface area contributed by atoms with Crippen LogP contribution < -0.4 is 11.1 Å². The Balaban J connectivity index is 0.00000264. The first-order chi connectivity index (χ1) is 10.6. The lowest BCUT2D eigenvalue weighted by molar-refractivity contribution is -0.125. The van der Waals surface area contributed by atoms with Gasteiger partial charge in [0.05, 0.1) is 12.0 Å². The summed E-state index contributed by atoms with van der Waals surface area (Å²) in [4.78, 5) is 12.2. The van der Waals surface area contributed by atoms with Gasteiger partial charge >= 0.3 is 0 Å². The van der Waals surface area contributed by atoms with Crippen molar-refractivity contribution in [2.75, 3.05) is 6.54 Å². The van der Waals surface area contributed by atoms with Crippen LogP contribution in [0.3, 0.4) is 0 Å². The summed E-state index contributed by atoms with van der Waals surface area (Å²) >= 11 is 0. The summed E-state index contributed by atoms with van der Waals surface area (Å²) in [7, 11) is 0. The highest BCUT2D eigenvalue weighted by molar-refractivity contribution is 5.85. The van der Waals surface area contributed by atoms with Crippen molar-refractivity contribution in [3.05, 3.63) is 71.8 Å². The predicted octanol–water partition coefficient (Wildman–Crippen LogP) is 2.59. The molecule has 0 radical (unpaired) electrons. The normalized spacial score (nSPS) is 14.2. The molecule has 3 unspecified atom stereocenters. The molecule has 1 amide bonds. The van der Waals surface area contributed by atoms with Gasteiger partial charge in [-0.1, -0.05) is 67.6 Å². The maximum Gasteiger partial charge on any atom is 0.224 e. The van der Waals surface area contributed by atoms with Gasteiger partial charge in [-0.15, -0.1) is 12.4 Å². The lowest BCUT2D eigenvalue weighted by Crippen LogP contribution is -2.37. The first-order valence-electron chi connectivity index (χ1n) is 7.41. The van der Waals surface area contributed by atoms with E-state index >= 15 is 0 Å². The van der Waals surface area contributed by atoms with E-state index in [0.29, 0.717) is 0 Å². The fraction of sp³-hybridized carbons (Fsp3) is 0.278. The fourth-order valence-corrected chi connectivity index (χ4v) is 2.28. The van der Waals surface area contributed by atoms with Crippen LogP contribution in [-0.2, 0) is 4.79 Å². The molecule has 4 nitrogen and oxygen atoms in total. The molecule has 2 rings (SSSR count). The molecule has 124 valence electrons. The van der Waals surface area contributed by atoms with Crippen LogP contribution in [0.1, 0.15) is 30.2 Å². The van der Waals surface area contributed by atoms with E-state index < -0.39 is 6.10 Å². The number of rotatable bonds is 6. The topological polar surface area (TPSA) is 75.3 Å². The third kappa shape index (κ3) is 5.36. The quantitative estimate of drug-likeness (QED) is 0.760. The Labute approximate surface area is 143 Å². The van der Waals surface area contributed by atoms with Crippen molar-refractivity contribution in [1.29, 1.82) is 0 Å². The second-order valence-electron chi connectivity index (χ2n) is 5.40. The lowest BCUT2D eigenvalue weighted by Gasteiger charge is -2.21. The SMILES string of the molecule is CC(C(=O)NCC(O)c1ccccc1)C(N)c1ccccc1.Cl. The van der Waals surface area contributed by atoms with Gasteiger partial charge in [-0.25, -0.2) is 0 Å². The number of carbonyl (C=O) groups is 1. The third-order valence-corrected chi connectivity index (χ3v) is 3.79. The summed E-state index contributed by atoms with van der Waals surface area (Å²) in [5, 5.41) is 12.8. The number of nitrogens with one attached hydrogen (secondary N) is 1. The minimum absolute atomic E-state index is 0. The molecule has 4 N–H and O–H groups in total. The molecule has 0 aliphatic heterocycles. The zero-order chi connectivity index (χ0) is 15.9. The van der Waals surface area contributed by atoms with E-state index in [2.05, 4.69) is 5.32 Å². The number of benzene rings is 2. The molecule has 0 saturated heterocycles. The Kier molecular flexibility index (Phi) is 7.75. The molecule has 2 aromatic rings. The second-order valence-corrected chi connectivity index (χ2v) is 5.40. The van der Waals surface area contributed by atoms with Crippen molar-refractivity contribution < 1.29 is 9.90 Å². The van der Waals surface area contributed by atoms with Crippen LogP contribution in [0.5, 0.6) is 0 Å². The van der Waals surface area contributed by atoms with E-state index in [-0.39, 0.29) is 36.8 Å². The minimum Gasteiger partial charge on any atom is -0.387 e. The molecule has 5 heteroatoms. The fourth-order valence-electron chi connectivity index (χ4n) is 2.28. The molecule has 0 aromatic heterocycles. The molecule has 0 fully saturated rings. The van der Waals surface area contributed by atoms with Gasteiger partial charge in [0.2, 0.25) is 5.91 Å². The van der Waals surface area contributed by atoms with Crippen molar-refractivity contribution in [2.45, 2.75) is 19.1 Å². The summed E-state index contributed by atoms with van der Waals surface area (Å²) in [6.45, 7) is 1.97. The van der Waals surface area contributed by atoms with Crippen LogP contribution in [0, 0.1) is 5.92 Å². The van der Waals surface area contributed by atoms with E-state index in [1.54, 1.807) is 6.92 Å². The molecule has 0 spiro atoms. The zero-order valence-corrected chi connectivity index (χ0v) is 13.9. The van der Waals surface area contributed by atoms with Gasteiger partial charge in [0.15, 0.2) is 0 Å². The highest BCUT2D eigenvalue weighted by atomic mass is 35.5. The van der Waals surface area contributed by atoms with Gasteiger partial charge in [-0.05, 0) is 11.1 Å². The van der Waals surface area contributed by atoms with Crippen molar-refractivity contribution in [3.8, 4) is 0 Å². The minimum atomic E-state index is -0.717. The number of amides is 1. The van der Waals surface area contributed by atoms with Gasteiger partial charge < -0.3 is 16.2 Å². The average Bonchev–Trinajstić information content (AvgIpc) is 2.59. The number of carbonyl (C=O) groups excluding carboxylic acids is 1. The molecular formula is C18H23ClN2O2. The monoisotopic (exact) mass is 334 g/mol. The van der Waals surface area contributed by atoms with Crippen LogP contribution in [0.2, 0.25) is 0 Å². The maximum absolute atomic E-state index is 12.2. The molecule has 0 heterocycles. The first kappa shape index (κ1) is 19.2. The van der Waals surface area contributed by atoms with Crippen LogP contribution >= 0.6 is 12.4 Å². The molecule has 23 heavy (non-hydrogen) atoms. The Hall–Kier alpha value is -1.88. The van der Waals surface area contributed by atoms with E-state index in [1.165, 1.54) is 0 Å². The van der Waals surface area contributed by atoms with E-state index in [1.807, 2.05) is 60.7 Å². The van der Waals surface area contributed by atoms with Crippen molar-refractivity contribution in [1.82, 2.24) is 5.32 Å². The van der Waals surface area contributed by atoms with E-state index in [9.17, 15) is 9.90 Å². The molecule has 0 saturated carbocycles. The smallest absolute Gasteiger partial charge is 0.224 e. The Bertz CT molecular complexity index is 592. The summed E-state index contributed by atoms with van der Waals surface area (Å²) in [5.74, 6) is -0.531. The van der Waals surface area contributed by atoms with Gasteiger partial charge in [0.1, 0.15) is 0 Å². The lowest BCUT2D eigenvalue weighted by atomic mass is 9.94. The summed E-state index contributed by atoms with van der Waals surface area (Å²) in [5.41, 5.74) is 7.84. The second kappa shape index (κ2) is 9.30. The van der Waals surface area contributed by atoms with Gasteiger partial charge in [-0.2, -0.15) is 0 Å². The van der Waals surface area contributed by atoms with Crippen LogP contribution in [-0.4, -0.2) is 17.6 Å². The summed E-state index contributed by atoms with van der Waals surface area (Å²) in [6, 6.07) is 18.4. The highest BCUT2D eigenvalue weighted by Gasteiger charge is 2.22. The summed E-state index contributed by atoms with van der Waals surface area (Å²) in [6.07, 6.45) is -0.717. The molecular weight excluding hydrogens is 312 g/mol. The zero-order valence-electron chi connectivity index (χ0n) is 13.1. The van der Waals surface area contributed by atoms with E-state index in [0.717, 1.165) is 11.1 Å². The number of hydrogen-bond donors (Lipinski definition) is 3. The van der Waals surface area contributed by atoms with E-state index in [4.69, 9.17) is 5.73 Å². The summed E-state index contributed by atoms with van der Waals surface area (Å²) < 4.78 is 0. The highest BCUT2D eigenvalue weighted by Crippen LogP contribution is 2.19. The number of nitrogens with two attached hydrogens (primary N) is 1. The number of aliphatic hydroxyl groups excluding tert-OH is 1. The Morgan fingerprint density at radius 2 is 1.52 bits per heavy atom. The van der Waals surface area contributed by atoms with Gasteiger partial charge in [0, 0.05) is 12.6 Å². The molecule has 0 bridgehead atoms. The maximum atomic E-state index is 12.2. The standard InChI is InChI=1S/C18H22N2O2.ClH/c1-13(17(19)15-10-6-3-7-11-15)18(22)20-12-16(21)14-8-4-2-5-9-14;/h2-11,13,16-17,21H,12,19H2,1H3,(H,20,22);1H. The Morgan fingerprint density at radius 1 is 1.04 bits per heavy atom. The number of hydrogen-bond acceptors (Lipinski definition) is 3. The number of halogens is 1. The molecule has 2 aromatic carbocycles. The average molecular weight is 335 g/mol. The Morgan fingerprint density at radius 3 is 2.04 bits per heavy atom. The predicted molar refractivity (Wildman–Crippen MR) is 94.2 cm³/mol. The van der Waals surface area contributed by atoms with Gasteiger partial charge in [0.25, 0.3) is 0 Å². The number of aliphatic hydroxyl groups is 1. The third-order valence-electron chi connectivity index (χ3n) is 3.79. The molecule has 0 aliphatic carbocycles. The van der Waals surface area contributed by atoms with Crippen molar-refractivity contribution in [3.63, 3.8) is 0 Å². The van der Waals surface area contributed by atoms with Gasteiger partial charge in [-0.3, -0.25) is 4.79 Å². The van der Waals surface area contributed by atoms with Crippen molar-refractivity contribution >= 4 is 18.3 Å². The van der Waals surface area contributed by atoms with Crippen LogP contribution in [0.4, 0.5) is 0 Å². The van der Waals surface area contributed by atoms with Crippen LogP contribution in [0.25, 0.3) is 0 Å². The van der Waals surface area contributed by atoms with Crippen molar-refractivity contribution in [2.24, 2.45) is 11.7 Å². The molecule has 0 aliphatic rings. The van der Waals surface area contributed by atoms with Crippen LogP contribution in [0.15, 0.2) is 60.7 Å².